The number of ether oxygens (including phenoxy) is 1. The van der Waals surface area contributed by atoms with Crippen LogP contribution in [0.25, 0.3) is 0 Å². The second-order valence-corrected chi connectivity index (χ2v) is 6.60. The van der Waals surface area contributed by atoms with Gasteiger partial charge in [0.15, 0.2) is 0 Å². The molecule has 0 bridgehead atoms. The summed E-state index contributed by atoms with van der Waals surface area (Å²) in [5.74, 6) is 0.104. The minimum absolute atomic E-state index is 0.0155. The Morgan fingerprint density at radius 3 is 2.82 bits per heavy atom. The van der Waals surface area contributed by atoms with Crippen molar-refractivity contribution in [2.24, 2.45) is 5.92 Å². The minimum Gasteiger partial charge on any atom is -0.468 e. The van der Waals surface area contributed by atoms with Crippen LogP contribution < -0.4 is 10.6 Å². The highest BCUT2D eigenvalue weighted by atomic mass is 16.5. The molecule has 1 saturated heterocycles. The molecule has 0 radical (unpaired) electrons. The molecule has 3 atom stereocenters. The summed E-state index contributed by atoms with van der Waals surface area (Å²) in [6.45, 7) is 4.25. The van der Waals surface area contributed by atoms with E-state index in [2.05, 4.69) is 24.5 Å². The number of hydrogen-bond acceptors (Lipinski definition) is 4. The maximum absolute atomic E-state index is 12.8. The number of hydrogen-bond donors (Lipinski definition) is 2. The Bertz CT molecular complexity index is 614. The molecule has 1 spiro atoms. The lowest BCUT2D eigenvalue weighted by Gasteiger charge is -2.30. The zero-order valence-electron chi connectivity index (χ0n) is 13.2. The van der Waals surface area contributed by atoms with Gasteiger partial charge in [0.2, 0.25) is 5.91 Å². The molecule has 22 heavy (non-hydrogen) atoms. The first kappa shape index (κ1) is 15.0. The Morgan fingerprint density at radius 2 is 2.14 bits per heavy atom. The van der Waals surface area contributed by atoms with E-state index in [1.54, 1.807) is 0 Å². The van der Waals surface area contributed by atoms with Crippen LogP contribution in [0, 0.1) is 5.92 Å². The number of carbonyl (C=O) groups excluding carboxylic acids is 2. The van der Waals surface area contributed by atoms with Gasteiger partial charge in [0.1, 0.15) is 6.04 Å². The van der Waals surface area contributed by atoms with Gasteiger partial charge in [-0.2, -0.15) is 0 Å². The van der Waals surface area contributed by atoms with Gasteiger partial charge in [0.05, 0.1) is 12.5 Å². The summed E-state index contributed by atoms with van der Waals surface area (Å²) in [6, 6.07) is 7.25. The average molecular weight is 302 g/mol. The fraction of sp³-hybridized carbons (Fsp3) is 0.529. The van der Waals surface area contributed by atoms with Crippen molar-refractivity contribution >= 4 is 17.6 Å². The van der Waals surface area contributed by atoms with E-state index in [9.17, 15) is 9.59 Å². The van der Waals surface area contributed by atoms with Gasteiger partial charge in [-0.25, -0.2) is 0 Å². The highest BCUT2D eigenvalue weighted by molar-refractivity contribution is 6.07. The highest BCUT2D eigenvalue weighted by Crippen LogP contribution is 2.48. The van der Waals surface area contributed by atoms with E-state index < -0.39 is 11.5 Å². The van der Waals surface area contributed by atoms with E-state index in [1.165, 1.54) is 7.11 Å². The van der Waals surface area contributed by atoms with Gasteiger partial charge in [-0.1, -0.05) is 32.0 Å². The lowest BCUT2D eigenvalue weighted by Crippen LogP contribution is -2.46. The van der Waals surface area contributed by atoms with Gasteiger partial charge in [0, 0.05) is 11.7 Å². The third kappa shape index (κ3) is 2.11. The molecule has 0 aliphatic carbocycles. The van der Waals surface area contributed by atoms with Crippen LogP contribution in [0.5, 0.6) is 0 Å². The first-order valence-electron chi connectivity index (χ1n) is 7.74. The fourth-order valence-corrected chi connectivity index (χ4v) is 3.83. The molecule has 2 aliphatic heterocycles. The van der Waals surface area contributed by atoms with Crippen molar-refractivity contribution in [1.29, 1.82) is 0 Å². The van der Waals surface area contributed by atoms with Crippen LogP contribution >= 0.6 is 0 Å². The topological polar surface area (TPSA) is 67.4 Å². The second kappa shape index (κ2) is 5.39. The van der Waals surface area contributed by atoms with Crippen molar-refractivity contribution in [3.63, 3.8) is 0 Å². The van der Waals surface area contributed by atoms with Crippen molar-refractivity contribution < 1.29 is 14.3 Å². The minimum atomic E-state index is -0.681. The van der Waals surface area contributed by atoms with Crippen LogP contribution in [0.3, 0.4) is 0 Å². The molecule has 0 saturated carbocycles. The molecule has 1 aromatic carbocycles. The van der Waals surface area contributed by atoms with Crippen LogP contribution in [-0.4, -0.2) is 31.1 Å². The molecule has 5 nitrogen and oxygen atoms in total. The first-order valence-corrected chi connectivity index (χ1v) is 7.74. The number of methoxy groups -OCH3 is 1. The van der Waals surface area contributed by atoms with Gasteiger partial charge >= 0.3 is 5.97 Å². The summed E-state index contributed by atoms with van der Waals surface area (Å²) >= 11 is 0. The highest BCUT2D eigenvalue weighted by Gasteiger charge is 2.58. The zero-order valence-corrected chi connectivity index (χ0v) is 13.2. The van der Waals surface area contributed by atoms with E-state index in [4.69, 9.17) is 4.74 Å². The van der Waals surface area contributed by atoms with E-state index in [-0.39, 0.29) is 17.9 Å². The summed E-state index contributed by atoms with van der Waals surface area (Å²) in [4.78, 5) is 24.8. The Balaban J connectivity index is 2.05. The van der Waals surface area contributed by atoms with Gasteiger partial charge in [-0.15, -0.1) is 0 Å². The number of benzene rings is 1. The molecule has 3 rings (SSSR count). The predicted octanol–water partition coefficient (Wildman–Crippen LogP) is 1.83. The molecule has 0 unspecified atom stereocenters. The average Bonchev–Trinajstić information content (AvgIpc) is 2.99. The standard InChI is InChI=1S/C17H22N2O3/c1-10(2)8-14-17(9-13(18-14)15(20)22-3)11-6-4-5-7-12(11)19-16(17)21/h4-7,10,13-14,18H,8-9H2,1-3H3,(H,19,21)/t13-,14+,17+/m0/s1. The predicted molar refractivity (Wildman–Crippen MR) is 83.5 cm³/mol. The maximum atomic E-state index is 12.8. The Labute approximate surface area is 130 Å². The van der Waals surface area contributed by atoms with Gasteiger partial charge < -0.3 is 15.4 Å². The summed E-state index contributed by atoms with van der Waals surface area (Å²) < 4.78 is 4.88. The number of esters is 1. The fourth-order valence-electron chi connectivity index (χ4n) is 3.83. The molecule has 1 fully saturated rings. The van der Waals surface area contributed by atoms with Crippen molar-refractivity contribution in [3.8, 4) is 0 Å². The smallest absolute Gasteiger partial charge is 0.322 e. The maximum Gasteiger partial charge on any atom is 0.322 e. The van der Waals surface area contributed by atoms with Crippen molar-refractivity contribution in [1.82, 2.24) is 5.32 Å². The van der Waals surface area contributed by atoms with E-state index >= 15 is 0 Å². The third-order valence-corrected chi connectivity index (χ3v) is 4.78. The molecule has 118 valence electrons. The Kier molecular flexibility index (Phi) is 3.68. The monoisotopic (exact) mass is 302 g/mol. The van der Waals surface area contributed by atoms with Gasteiger partial charge in [0.25, 0.3) is 0 Å². The quantitative estimate of drug-likeness (QED) is 0.836. The summed E-state index contributed by atoms with van der Waals surface area (Å²) in [6.07, 6.45) is 1.27. The summed E-state index contributed by atoms with van der Waals surface area (Å²) in [5, 5.41) is 6.32. The Morgan fingerprint density at radius 1 is 1.41 bits per heavy atom. The van der Waals surface area contributed by atoms with E-state index in [0.717, 1.165) is 17.7 Å². The van der Waals surface area contributed by atoms with Crippen LogP contribution in [0.1, 0.15) is 32.3 Å². The molecule has 2 N–H and O–H groups in total. The van der Waals surface area contributed by atoms with Crippen molar-refractivity contribution in [2.75, 3.05) is 12.4 Å². The SMILES string of the molecule is COC(=O)[C@@H]1C[C@]2(C(=O)Nc3ccccc32)[C@@H](CC(C)C)N1. The number of para-hydroxylation sites is 1. The molecule has 0 aromatic heterocycles. The Hall–Kier alpha value is -1.88. The van der Waals surface area contributed by atoms with Crippen LogP contribution in [0.15, 0.2) is 24.3 Å². The molecular weight excluding hydrogens is 280 g/mol. The number of carbonyl (C=O) groups is 2. The summed E-state index contributed by atoms with van der Waals surface area (Å²) in [7, 11) is 1.38. The molecule has 1 aromatic rings. The lowest BCUT2D eigenvalue weighted by molar-refractivity contribution is -0.142. The third-order valence-electron chi connectivity index (χ3n) is 4.78. The first-order chi connectivity index (χ1) is 10.5. The van der Waals surface area contributed by atoms with Crippen molar-refractivity contribution in [2.45, 2.75) is 44.2 Å². The normalized spacial score (nSPS) is 29.7. The number of nitrogens with one attached hydrogen (secondary N) is 2. The largest absolute Gasteiger partial charge is 0.468 e. The van der Waals surface area contributed by atoms with Gasteiger partial charge in [-0.3, -0.25) is 9.59 Å². The van der Waals surface area contributed by atoms with Gasteiger partial charge in [-0.05, 0) is 30.4 Å². The molecule has 1 amide bonds. The van der Waals surface area contributed by atoms with E-state index in [1.807, 2.05) is 24.3 Å². The van der Waals surface area contributed by atoms with Crippen LogP contribution in [0.4, 0.5) is 5.69 Å². The van der Waals surface area contributed by atoms with Crippen LogP contribution in [0.2, 0.25) is 0 Å². The zero-order chi connectivity index (χ0) is 15.9. The molecule has 2 aliphatic rings. The number of fused-ring (bicyclic) bond motifs is 2. The van der Waals surface area contributed by atoms with Crippen LogP contribution in [-0.2, 0) is 19.7 Å². The van der Waals surface area contributed by atoms with E-state index in [0.29, 0.717) is 12.3 Å². The second-order valence-electron chi connectivity index (χ2n) is 6.60. The number of amides is 1. The van der Waals surface area contributed by atoms with Crippen molar-refractivity contribution in [3.05, 3.63) is 29.8 Å². The molecular formula is C17H22N2O3. The number of anilines is 1. The number of rotatable bonds is 3. The molecule has 2 heterocycles. The summed E-state index contributed by atoms with van der Waals surface area (Å²) in [5.41, 5.74) is 1.16. The lowest BCUT2D eigenvalue weighted by atomic mass is 9.72. The molecule has 5 heteroatoms.